The lowest BCUT2D eigenvalue weighted by atomic mass is 9.93. The first-order valence-electron chi connectivity index (χ1n) is 8.98. The largest absolute Gasteiger partial charge is 0.379 e. The van der Waals surface area contributed by atoms with Crippen LogP contribution in [-0.2, 0) is 10.2 Å². The van der Waals surface area contributed by atoms with Gasteiger partial charge in [0, 0.05) is 43.7 Å². The monoisotopic (exact) mass is 335 g/mol. The fraction of sp³-hybridized carbons (Fsp3) is 0.778. The first kappa shape index (κ1) is 17.4. The number of likely N-dealkylation sites (tertiary alicyclic amines) is 1. The molecule has 0 aromatic carbocycles. The van der Waals surface area contributed by atoms with Crippen molar-refractivity contribution in [3.8, 4) is 0 Å². The van der Waals surface area contributed by atoms with Crippen LogP contribution >= 0.6 is 0 Å². The van der Waals surface area contributed by atoms with Crippen molar-refractivity contribution in [1.82, 2.24) is 15.0 Å². The van der Waals surface area contributed by atoms with E-state index in [2.05, 4.69) is 37.8 Å². The summed E-state index contributed by atoms with van der Waals surface area (Å²) in [4.78, 5) is 17.3. The Morgan fingerprint density at radius 1 is 1.29 bits per heavy atom. The van der Waals surface area contributed by atoms with Gasteiger partial charge in [0.2, 0.25) is 0 Å². The number of ether oxygens (including phenoxy) is 1. The smallest absolute Gasteiger partial charge is 0.276 e. The molecule has 2 aliphatic rings. The van der Waals surface area contributed by atoms with Crippen LogP contribution in [0, 0.1) is 5.92 Å². The lowest BCUT2D eigenvalue weighted by Gasteiger charge is -2.34. The van der Waals surface area contributed by atoms with Gasteiger partial charge >= 0.3 is 0 Å². The number of aromatic nitrogens is 1. The maximum atomic E-state index is 12.8. The van der Waals surface area contributed by atoms with Gasteiger partial charge in [0.15, 0.2) is 5.69 Å². The number of amides is 1. The van der Waals surface area contributed by atoms with Crippen LogP contribution in [0.15, 0.2) is 10.6 Å². The number of rotatable bonds is 3. The second-order valence-electron chi connectivity index (χ2n) is 7.92. The van der Waals surface area contributed by atoms with E-state index >= 15 is 0 Å². The van der Waals surface area contributed by atoms with Gasteiger partial charge in [-0.3, -0.25) is 9.69 Å². The molecule has 0 radical (unpaired) electrons. The molecule has 3 heterocycles. The maximum Gasteiger partial charge on any atom is 0.276 e. The zero-order valence-electron chi connectivity index (χ0n) is 15.2. The van der Waals surface area contributed by atoms with Crippen LogP contribution in [0.1, 0.15) is 50.4 Å². The van der Waals surface area contributed by atoms with Gasteiger partial charge in [0.05, 0.1) is 13.2 Å². The van der Waals surface area contributed by atoms with E-state index in [1.165, 1.54) is 0 Å². The van der Waals surface area contributed by atoms with Crippen LogP contribution in [-0.4, -0.2) is 66.3 Å². The van der Waals surface area contributed by atoms with E-state index in [1.54, 1.807) is 6.07 Å². The highest BCUT2D eigenvalue weighted by Gasteiger charge is 2.39. The van der Waals surface area contributed by atoms with Crippen LogP contribution in [0.3, 0.4) is 0 Å². The van der Waals surface area contributed by atoms with Crippen LogP contribution in [0.2, 0.25) is 0 Å². The molecule has 0 aliphatic carbocycles. The van der Waals surface area contributed by atoms with Crippen molar-refractivity contribution in [3.05, 3.63) is 17.5 Å². The van der Waals surface area contributed by atoms with Crippen molar-refractivity contribution in [2.75, 3.05) is 39.4 Å². The molecule has 0 N–H and O–H groups in total. The molecule has 24 heavy (non-hydrogen) atoms. The number of hydrogen-bond acceptors (Lipinski definition) is 5. The second kappa shape index (κ2) is 6.84. The second-order valence-corrected chi connectivity index (χ2v) is 7.92. The van der Waals surface area contributed by atoms with Gasteiger partial charge < -0.3 is 14.2 Å². The minimum Gasteiger partial charge on any atom is -0.379 e. The number of carbonyl (C=O) groups is 1. The molecule has 6 nitrogen and oxygen atoms in total. The molecule has 0 spiro atoms. The fourth-order valence-corrected chi connectivity index (χ4v) is 3.64. The average Bonchev–Trinajstić information content (AvgIpc) is 3.22. The molecule has 1 aromatic heterocycles. The highest BCUT2D eigenvalue weighted by molar-refractivity contribution is 5.92. The molecule has 6 heteroatoms. The molecule has 2 fully saturated rings. The van der Waals surface area contributed by atoms with Gasteiger partial charge in [0.25, 0.3) is 5.91 Å². The quantitative estimate of drug-likeness (QED) is 0.847. The maximum absolute atomic E-state index is 12.8. The molecule has 0 saturated carbocycles. The van der Waals surface area contributed by atoms with Crippen molar-refractivity contribution in [2.45, 2.75) is 45.6 Å². The third kappa shape index (κ3) is 3.49. The third-order valence-electron chi connectivity index (χ3n) is 5.20. The first-order chi connectivity index (χ1) is 11.4. The minimum atomic E-state index is -0.140. The Bertz CT molecular complexity index is 572. The Labute approximate surface area is 144 Å². The van der Waals surface area contributed by atoms with E-state index < -0.39 is 0 Å². The summed E-state index contributed by atoms with van der Waals surface area (Å²) in [5.41, 5.74) is 0.288. The Kier molecular flexibility index (Phi) is 4.97. The molecule has 1 amide bonds. The van der Waals surface area contributed by atoms with Crippen molar-refractivity contribution < 1.29 is 14.1 Å². The van der Waals surface area contributed by atoms with Gasteiger partial charge in [-0.1, -0.05) is 39.3 Å². The normalized spacial score (nSPS) is 26.1. The summed E-state index contributed by atoms with van der Waals surface area (Å²) in [5.74, 6) is 1.26. The molecule has 3 rings (SSSR count). The molecule has 1 aromatic rings. The molecule has 134 valence electrons. The molecule has 0 unspecified atom stereocenters. The van der Waals surface area contributed by atoms with Crippen molar-refractivity contribution >= 4 is 5.91 Å². The van der Waals surface area contributed by atoms with Crippen molar-refractivity contribution in [2.24, 2.45) is 5.92 Å². The molecular weight excluding hydrogens is 306 g/mol. The summed E-state index contributed by atoms with van der Waals surface area (Å²) in [5, 5.41) is 4.02. The van der Waals surface area contributed by atoms with Crippen molar-refractivity contribution in [1.29, 1.82) is 0 Å². The number of morpholine rings is 1. The standard InChI is InChI=1S/C18H29N3O3/c1-5-13-11-21(12-15(13)20-6-8-23-9-7-20)17(22)14-10-16(24-19-14)18(2,3)4/h10,13,15H,5-9,11-12H2,1-4H3/t13-,15+/m1/s1. The van der Waals surface area contributed by atoms with Crippen LogP contribution in [0.25, 0.3) is 0 Å². The Morgan fingerprint density at radius 3 is 2.58 bits per heavy atom. The zero-order chi connectivity index (χ0) is 17.3. The van der Waals surface area contributed by atoms with Gasteiger partial charge in [-0.25, -0.2) is 0 Å². The van der Waals surface area contributed by atoms with E-state index in [9.17, 15) is 4.79 Å². The first-order valence-corrected chi connectivity index (χ1v) is 8.98. The molecule has 2 saturated heterocycles. The highest BCUT2D eigenvalue weighted by Crippen LogP contribution is 2.28. The van der Waals surface area contributed by atoms with Crippen molar-refractivity contribution in [3.63, 3.8) is 0 Å². The third-order valence-corrected chi connectivity index (χ3v) is 5.20. The lowest BCUT2D eigenvalue weighted by molar-refractivity contribution is 0.0102. The molecule has 2 aliphatic heterocycles. The number of nitrogens with zero attached hydrogens (tertiary/aromatic N) is 3. The minimum absolute atomic E-state index is 0.0107. The summed E-state index contributed by atoms with van der Waals surface area (Å²) in [6.07, 6.45) is 1.08. The van der Waals surface area contributed by atoms with E-state index in [1.807, 2.05) is 4.90 Å². The SMILES string of the molecule is CC[C@@H]1CN(C(=O)c2cc(C(C)(C)C)on2)C[C@@H]1N1CCOCC1. The Morgan fingerprint density at radius 2 is 2.00 bits per heavy atom. The zero-order valence-corrected chi connectivity index (χ0v) is 15.2. The molecule has 2 atom stereocenters. The molecular formula is C18H29N3O3. The van der Waals surface area contributed by atoms with Crippen LogP contribution < -0.4 is 0 Å². The van der Waals surface area contributed by atoms with Gasteiger partial charge in [-0.2, -0.15) is 0 Å². The van der Waals surface area contributed by atoms with Gasteiger partial charge in [-0.15, -0.1) is 0 Å². The number of carbonyl (C=O) groups excluding carboxylic acids is 1. The lowest BCUT2D eigenvalue weighted by Crippen LogP contribution is -2.47. The molecule has 0 bridgehead atoms. The van der Waals surface area contributed by atoms with Gasteiger partial charge in [0.1, 0.15) is 5.76 Å². The average molecular weight is 335 g/mol. The summed E-state index contributed by atoms with van der Waals surface area (Å²) in [7, 11) is 0. The summed E-state index contributed by atoms with van der Waals surface area (Å²) >= 11 is 0. The van der Waals surface area contributed by atoms with E-state index in [-0.39, 0.29) is 11.3 Å². The van der Waals surface area contributed by atoms with E-state index in [0.29, 0.717) is 17.7 Å². The highest BCUT2D eigenvalue weighted by atomic mass is 16.5. The van der Waals surface area contributed by atoms with E-state index in [0.717, 1.165) is 51.6 Å². The predicted octanol–water partition coefficient (Wildman–Crippen LogP) is 2.15. The van der Waals surface area contributed by atoms with Crippen LogP contribution in [0.5, 0.6) is 0 Å². The fourth-order valence-electron chi connectivity index (χ4n) is 3.64. The predicted molar refractivity (Wildman–Crippen MR) is 91.1 cm³/mol. The number of hydrogen-bond donors (Lipinski definition) is 0. The van der Waals surface area contributed by atoms with Crippen LogP contribution in [0.4, 0.5) is 0 Å². The Hall–Kier alpha value is -1.40. The summed E-state index contributed by atoms with van der Waals surface area (Å²) in [6, 6.07) is 2.22. The summed E-state index contributed by atoms with van der Waals surface area (Å²) < 4.78 is 10.8. The van der Waals surface area contributed by atoms with Gasteiger partial charge in [-0.05, 0) is 5.92 Å². The topological polar surface area (TPSA) is 58.8 Å². The Balaban J connectivity index is 1.70. The van der Waals surface area contributed by atoms with E-state index in [4.69, 9.17) is 9.26 Å². The summed E-state index contributed by atoms with van der Waals surface area (Å²) in [6.45, 7) is 13.4.